The summed E-state index contributed by atoms with van der Waals surface area (Å²) in [4.78, 5) is 0. The molecule has 0 radical (unpaired) electrons. The Kier molecular flexibility index (Phi) is 4.33. The summed E-state index contributed by atoms with van der Waals surface area (Å²) in [5.74, 6) is 0. The number of hydrogen-bond acceptors (Lipinski definition) is 0. The molecule has 0 amide bonds. The summed E-state index contributed by atoms with van der Waals surface area (Å²) in [5.41, 5.74) is 0. The summed E-state index contributed by atoms with van der Waals surface area (Å²) in [5, 5.41) is 11.5. The van der Waals surface area contributed by atoms with Gasteiger partial charge in [0, 0.05) is 0 Å². The van der Waals surface area contributed by atoms with Gasteiger partial charge in [0.1, 0.15) is 0 Å². The Morgan fingerprint density at radius 2 is 0.742 bits per heavy atom. The number of rotatable bonds is 2. The van der Waals surface area contributed by atoms with Gasteiger partial charge in [-0.2, -0.15) is 0 Å². The smallest absolute Gasteiger partial charge is 0.134 e. The van der Waals surface area contributed by atoms with Crippen molar-refractivity contribution in [3.8, 4) is 0 Å². The van der Waals surface area contributed by atoms with Crippen LogP contribution >= 0.6 is 22.2 Å². The van der Waals surface area contributed by atoms with Gasteiger partial charge in [-0.25, -0.2) is 0 Å². The molecule has 148 valence electrons. The first-order chi connectivity index (χ1) is 15.1. The molecule has 31 heavy (non-hydrogen) atoms. The molecule has 0 heterocycles. The van der Waals surface area contributed by atoms with Crippen molar-refractivity contribution in [2.24, 2.45) is 0 Å². The van der Waals surface area contributed by atoms with Crippen LogP contribution in [-0.2, 0) is 0 Å². The minimum Gasteiger partial charge on any atom is -0.134 e. The van der Waals surface area contributed by atoms with Gasteiger partial charge in [0.05, 0.1) is 0 Å². The lowest BCUT2D eigenvalue weighted by molar-refractivity contribution is 1.77. The fourth-order valence-electron chi connectivity index (χ4n) is 4.63. The first-order valence-corrected chi connectivity index (χ1v) is 14.4. The molecule has 3 heteroatoms. The Hall–Kier alpha value is -2.84. The molecule has 0 nitrogen and oxygen atoms in total. The zero-order chi connectivity index (χ0) is 21.0. The third-order valence-corrected chi connectivity index (χ3v) is 10.8. The molecule has 0 aliphatic rings. The zero-order valence-electron chi connectivity index (χ0n) is 16.6. The molecule has 0 atom stereocenters. The fraction of sp³-hybridized carbons (Fsp3) is 0. The van der Waals surface area contributed by atoms with E-state index < -0.39 is 6.69 Å². The maximum atomic E-state index is 7.35. The van der Waals surface area contributed by atoms with Crippen molar-refractivity contribution in [1.82, 2.24) is 0 Å². The van der Waals surface area contributed by atoms with Crippen LogP contribution in [0.3, 0.4) is 0 Å². The highest BCUT2D eigenvalue weighted by atomic mass is 35.7. The van der Waals surface area contributed by atoms with Crippen LogP contribution in [0.25, 0.3) is 43.1 Å². The molecule has 0 aliphatic heterocycles. The van der Waals surface area contributed by atoms with Crippen LogP contribution in [0.2, 0.25) is 0 Å². The van der Waals surface area contributed by atoms with E-state index in [1.165, 1.54) is 32.3 Å². The van der Waals surface area contributed by atoms with Gasteiger partial charge in [-0.05, 0) is 77.7 Å². The lowest BCUT2D eigenvalue weighted by Crippen LogP contribution is -2.49. The molecule has 0 saturated heterocycles. The molecule has 0 unspecified atom stereocenters. The van der Waals surface area contributed by atoms with Gasteiger partial charge in [-0.3, -0.25) is 0 Å². The van der Waals surface area contributed by atoms with Crippen LogP contribution in [0.15, 0.2) is 109 Å². The highest BCUT2D eigenvalue weighted by Gasteiger charge is 2.36. The lowest BCUT2D eigenvalue weighted by Gasteiger charge is -2.22. The minimum absolute atomic E-state index is 1.04. The Labute approximate surface area is 191 Å². The van der Waals surface area contributed by atoms with Gasteiger partial charge in [-0.1, -0.05) is 84.9 Å². The van der Waals surface area contributed by atoms with E-state index in [1.54, 1.807) is 0 Å². The predicted octanol–water partition coefficient (Wildman–Crippen LogP) is 7.33. The topological polar surface area (TPSA) is 0 Å². The summed E-state index contributed by atoms with van der Waals surface area (Å²) < 4.78 is 0. The van der Waals surface area contributed by atoms with Crippen LogP contribution in [-0.4, -0.2) is 6.69 Å². The lowest BCUT2D eigenvalue weighted by atomic mass is 10.0. The second-order valence-corrected chi connectivity index (χ2v) is 14.2. The van der Waals surface area contributed by atoms with Gasteiger partial charge in [0.25, 0.3) is 0 Å². The summed E-state index contributed by atoms with van der Waals surface area (Å²) >= 11 is 14.7. The Morgan fingerprint density at radius 1 is 0.387 bits per heavy atom. The van der Waals surface area contributed by atoms with Crippen LogP contribution in [0, 0.1) is 0 Å². The molecule has 0 aliphatic carbocycles. The first-order valence-electron chi connectivity index (χ1n) is 10.3. The second kappa shape index (κ2) is 7.10. The Balaban J connectivity index is 1.64. The molecular formula is C28H18Cl2Si. The third-order valence-electron chi connectivity index (χ3n) is 6.17. The molecule has 0 saturated carbocycles. The summed E-state index contributed by atoms with van der Waals surface area (Å²) in [7, 11) is 0. The van der Waals surface area contributed by atoms with Gasteiger partial charge in [-0.15, -0.1) is 22.2 Å². The van der Waals surface area contributed by atoms with Gasteiger partial charge in [0.2, 0.25) is 0 Å². The van der Waals surface area contributed by atoms with Crippen molar-refractivity contribution in [3.63, 3.8) is 0 Å². The quantitative estimate of drug-likeness (QED) is 0.146. The van der Waals surface area contributed by atoms with E-state index in [4.69, 9.17) is 22.2 Å². The average molecular weight is 453 g/mol. The van der Waals surface area contributed by atoms with Gasteiger partial charge < -0.3 is 0 Å². The van der Waals surface area contributed by atoms with Gasteiger partial charge in [0.15, 0.2) is 0 Å². The average Bonchev–Trinajstić information content (AvgIpc) is 2.80. The predicted molar refractivity (Wildman–Crippen MR) is 140 cm³/mol. The van der Waals surface area contributed by atoms with Crippen molar-refractivity contribution < 1.29 is 0 Å². The number of halogens is 2. The van der Waals surface area contributed by atoms with Crippen molar-refractivity contribution in [2.45, 2.75) is 0 Å². The van der Waals surface area contributed by atoms with E-state index >= 15 is 0 Å². The van der Waals surface area contributed by atoms with Crippen LogP contribution in [0.5, 0.6) is 0 Å². The van der Waals surface area contributed by atoms with E-state index in [0.29, 0.717) is 0 Å². The molecule has 0 N–H and O–H groups in total. The Bertz CT molecular complexity index is 1500. The molecule has 0 bridgehead atoms. The van der Waals surface area contributed by atoms with Crippen molar-refractivity contribution in [1.29, 1.82) is 0 Å². The Morgan fingerprint density at radius 3 is 1.16 bits per heavy atom. The van der Waals surface area contributed by atoms with E-state index in [0.717, 1.165) is 21.1 Å². The van der Waals surface area contributed by atoms with Gasteiger partial charge >= 0.3 is 6.69 Å². The number of hydrogen-bond donors (Lipinski definition) is 0. The highest BCUT2D eigenvalue weighted by molar-refractivity contribution is 7.57. The minimum atomic E-state index is -3.01. The molecule has 6 rings (SSSR count). The van der Waals surface area contributed by atoms with Crippen molar-refractivity contribution in [3.05, 3.63) is 109 Å². The summed E-state index contributed by atoms with van der Waals surface area (Å²) in [6, 6.07) is 38.4. The molecule has 6 aromatic rings. The van der Waals surface area contributed by atoms with E-state index in [1.807, 2.05) is 0 Å². The van der Waals surface area contributed by atoms with Crippen LogP contribution < -0.4 is 10.4 Å². The molecule has 0 aromatic heterocycles. The first kappa shape index (κ1) is 18.9. The molecule has 0 fully saturated rings. The van der Waals surface area contributed by atoms with E-state index in [-0.39, 0.29) is 0 Å². The van der Waals surface area contributed by atoms with E-state index in [9.17, 15) is 0 Å². The normalized spacial score (nSPS) is 12.2. The SMILES string of the molecule is Cl[Si](Cl)(c1cccc2cc3ccccc3cc12)c1cccc2cc3ccccc3cc12. The summed E-state index contributed by atoms with van der Waals surface area (Å²) in [6.07, 6.45) is 0. The third kappa shape index (κ3) is 3.04. The largest absolute Gasteiger partial charge is 0.311 e. The standard InChI is InChI=1S/C28H18Cl2Si/c29-31(30,27-13-5-11-23-15-19-7-1-3-9-21(19)17-25(23)27)28-14-6-12-24-16-20-8-2-4-10-22(20)18-26(24)28/h1-18H. The fourth-order valence-corrected chi connectivity index (χ4v) is 8.61. The molecular weight excluding hydrogens is 435 g/mol. The molecule has 0 spiro atoms. The molecule has 6 aromatic carbocycles. The highest BCUT2D eigenvalue weighted by Crippen LogP contribution is 2.29. The number of benzene rings is 6. The van der Waals surface area contributed by atoms with E-state index in [2.05, 4.69) is 109 Å². The van der Waals surface area contributed by atoms with Crippen molar-refractivity contribution >= 4 is 82.3 Å². The maximum Gasteiger partial charge on any atom is 0.311 e. The second-order valence-electron chi connectivity index (χ2n) is 8.03. The summed E-state index contributed by atoms with van der Waals surface area (Å²) in [6.45, 7) is -3.01. The zero-order valence-corrected chi connectivity index (χ0v) is 19.2. The maximum absolute atomic E-state index is 7.35. The van der Waals surface area contributed by atoms with Crippen molar-refractivity contribution in [2.75, 3.05) is 0 Å². The van der Waals surface area contributed by atoms with Crippen LogP contribution in [0.4, 0.5) is 0 Å². The van der Waals surface area contributed by atoms with Crippen LogP contribution in [0.1, 0.15) is 0 Å². The number of fused-ring (bicyclic) bond motifs is 4. The monoisotopic (exact) mass is 452 g/mol.